The van der Waals surface area contributed by atoms with Gasteiger partial charge in [0.15, 0.2) is 0 Å². The van der Waals surface area contributed by atoms with Gasteiger partial charge in [0.25, 0.3) is 0 Å². The molecular weight excluding hydrogens is 150 g/mol. The molecule has 0 fully saturated rings. The van der Waals surface area contributed by atoms with Crippen LogP contribution in [-0.2, 0) is 6.42 Å². The van der Waals surface area contributed by atoms with Crippen LogP contribution in [0.2, 0.25) is 0 Å². The quantitative estimate of drug-likeness (QED) is 0.715. The van der Waals surface area contributed by atoms with Gasteiger partial charge in [-0.05, 0) is 37.5 Å². The van der Waals surface area contributed by atoms with Gasteiger partial charge in [-0.15, -0.1) is 0 Å². The first-order valence-electron chi connectivity index (χ1n) is 4.22. The molecule has 0 aliphatic carbocycles. The Kier molecular flexibility index (Phi) is 3.11. The minimum Gasteiger partial charge on any atom is -0.508 e. The summed E-state index contributed by atoms with van der Waals surface area (Å²) in [4.78, 5) is 0. The Balaban J connectivity index is 2.48. The zero-order chi connectivity index (χ0) is 8.97. The Morgan fingerprint density at radius 1 is 1.33 bits per heavy atom. The molecule has 3 N–H and O–H groups in total. The predicted octanol–water partition coefficient (Wildman–Crippen LogP) is 1.67. The summed E-state index contributed by atoms with van der Waals surface area (Å²) >= 11 is 0. The Morgan fingerprint density at radius 3 is 2.42 bits per heavy atom. The van der Waals surface area contributed by atoms with Crippen molar-refractivity contribution in [3.05, 3.63) is 29.8 Å². The minimum atomic E-state index is 0.249. The van der Waals surface area contributed by atoms with E-state index < -0.39 is 0 Å². The number of hydrogen-bond acceptors (Lipinski definition) is 2. The molecule has 1 aromatic carbocycles. The van der Waals surface area contributed by atoms with Crippen molar-refractivity contribution in [3.8, 4) is 5.75 Å². The van der Waals surface area contributed by atoms with Crippen LogP contribution in [0.5, 0.6) is 5.75 Å². The number of aromatic hydroxyl groups is 1. The van der Waals surface area contributed by atoms with Crippen LogP contribution in [0, 0.1) is 0 Å². The fourth-order valence-corrected chi connectivity index (χ4v) is 1.06. The van der Waals surface area contributed by atoms with Crippen molar-refractivity contribution in [1.29, 1.82) is 0 Å². The average molecular weight is 165 g/mol. The van der Waals surface area contributed by atoms with Crippen molar-refractivity contribution in [2.24, 2.45) is 5.73 Å². The number of phenols is 1. The van der Waals surface area contributed by atoms with Gasteiger partial charge in [-0.1, -0.05) is 12.1 Å². The zero-order valence-corrected chi connectivity index (χ0v) is 7.33. The summed E-state index contributed by atoms with van der Waals surface area (Å²) in [5, 5.41) is 9.01. The van der Waals surface area contributed by atoms with E-state index in [1.165, 1.54) is 5.56 Å². The fraction of sp³-hybridized carbons (Fsp3) is 0.400. The first-order valence-corrected chi connectivity index (χ1v) is 4.22. The fourth-order valence-electron chi connectivity index (χ4n) is 1.06. The zero-order valence-electron chi connectivity index (χ0n) is 7.33. The van der Waals surface area contributed by atoms with E-state index in [1.807, 2.05) is 19.1 Å². The van der Waals surface area contributed by atoms with Gasteiger partial charge in [-0.25, -0.2) is 0 Å². The van der Waals surface area contributed by atoms with Gasteiger partial charge >= 0.3 is 0 Å². The maximum atomic E-state index is 9.01. The Hall–Kier alpha value is -1.02. The molecule has 0 heterocycles. The standard InChI is InChI=1S/C10H15NO/c1-8(11)2-3-9-4-6-10(12)7-5-9/h4-8,12H,2-3,11H2,1H3/t8-/m1/s1. The third-order valence-corrected chi connectivity index (χ3v) is 1.82. The summed E-state index contributed by atoms with van der Waals surface area (Å²) in [7, 11) is 0. The molecule has 0 spiro atoms. The predicted molar refractivity (Wildman–Crippen MR) is 50.1 cm³/mol. The van der Waals surface area contributed by atoms with Crippen LogP contribution in [0.15, 0.2) is 24.3 Å². The molecule has 0 unspecified atom stereocenters. The highest BCUT2D eigenvalue weighted by molar-refractivity contribution is 5.25. The SMILES string of the molecule is C[C@@H](N)CCc1ccc(O)cc1. The summed E-state index contributed by atoms with van der Waals surface area (Å²) in [5.74, 6) is 0.319. The summed E-state index contributed by atoms with van der Waals surface area (Å²) in [6.07, 6.45) is 1.97. The second kappa shape index (κ2) is 4.12. The van der Waals surface area contributed by atoms with Crippen LogP contribution in [0.3, 0.4) is 0 Å². The highest BCUT2D eigenvalue weighted by Crippen LogP contribution is 2.11. The minimum absolute atomic E-state index is 0.249. The van der Waals surface area contributed by atoms with E-state index in [4.69, 9.17) is 10.8 Å². The molecule has 12 heavy (non-hydrogen) atoms. The van der Waals surface area contributed by atoms with Crippen molar-refractivity contribution in [3.63, 3.8) is 0 Å². The molecule has 0 bridgehead atoms. The van der Waals surface area contributed by atoms with Crippen molar-refractivity contribution in [1.82, 2.24) is 0 Å². The lowest BCUT2D eigenvalue weighted by molar-refractivity contribution is 0.475. The first-order chi connectivity index (χ1) is 5.68. The molecule has 0 saturated carbocycles. The normalized spacial score (nSPS) is 12.8. The Morgan fingerprint density at radius 2 is 1.92 bits per heavy atom. The van der Waals surface area contributed by atoms with Crippen molar-refractivity contribution >= 4 is 0 Å². The van der Waals surface area contributed by atoms with E-state index in [-0.39, 0.29) is 6.04 Å². The molecule has 0 aromatic heterocycles. The highest BCUT2D eigenvalue weighted by atomic mass is 16.3. The molecule has 1 atom stereocenters. The van der Waals surface area contributed by atoms with Crippen molar-refractivity contribution in [2.75, 3.05) is 0 Å². The summed E-state index contributed by atoms with van der Waals surface area (Å²) < 4.78 is 0. The van der Waals surface area contributed by atoms with E-state index in [0.717, 1.165) is 12.8 Å². The molecule has 2 nitrogen and oxygen atoms in total. The van der Waals surface area contributed by atoms with E-state index in [2.05, 4.69) is 0 Å². The molecule has 2 heteroatoms. The second-order valence-electron chi connectivity index (χ2n) is 3.18. The summed E-state index contributed by atoms with van der Waals surface area (Å²) in [5.41, 5.74) is 6.85. The summed E-state index contributed by atoms with van der Waals surface area (Å²) in [6.45, 7) is 2.00. The van der Waals surface area contributed by atoms with Gasteiger partial charge in [0, 0.05) is 6.04 Å². The van der Waals surface area contributed by atoms with Gasteiger partial charge in [0.1, 0.15) is 5.75 Å². The lowest BCUT2D eigenvalue weighted by Gasteiger charge is -2.04. The lowest BCUT2D eigenvalue weighted by atomic mass is 10.1. The third kappa shape index (κ3) is 2.93. The van der Waals surface area contributed by atoms with Gasteiger partial charge in [-0.3, -0.25) is 0 Å². The molecule has 66 valence electrons. The molecular formula is C10H15NO. The number of nitrogens with two attached hydrogens (primary N) is 1. The van der Waals surface area contributed by atoms with Crippen LogP contribution < -0.4 is 5.73 Å². The van der Waals surface area contributed by atoms with Crippen molar-refractivity contribution in [2.45, 2.75) is 25.8 Å². The Labute approximate surface area is 73.0 Å². The molecule has 0 amide bonds. The van der Waals surface area contributed by atoms with Crippen LogP contribution in [0.4, 0.5) is 0 Å². The third-order valence-electron chi connectivity index (χ3n) is 1.82. The summed E-state index contributed by atoms with van der Waals surface area (Å²) in [6, 6.07) is 7.52. The largest absolute Gasteiger partial charge is 0.508 e. The van der Waals surface area contributed by atoms with E-state index in [0.29, 0.717) is 5.75 Å². The smallest absolute Gasteiger partial charge is 0.115 e. The van der Waals surface area contributed by atoms with Gasteiger partial charge in [0.2, 0.25) is 0 Å². The van der Waals surface area contributed by atoms with E-state index in [9.17, 15) is 0 Å². The first kappa shape index (κ1) is 9.07. The number of rotatable bonds is 3. The molecule has 1 aromatic rings. The van der Waals surface area contributed by atoms with Crippen molar-refractivity contribution < 1.29 is 5.11 Å². The average Bonchev–Trinajstić information content (AvgIpc) is 2.03. The number of hydrogen-bond donors (Lipinski definition) is 2. The molecule has 0 radical (unpaired) electrons. The number of phenolic OH excluding ortho intramolecular Hbond substituents is 1. The number of benzene rings is 1. The van der Waals surface area contributed by atoms with Gasteiger partial charge in [-0.2, -0.15) is 0 Å². The van der Waals surface area contributed by atoms with Crippen LogP contribution in [0.25, 0.3) is 0 Å². The second-order valence-corrected chi connectivity index (χ2v) is 3.18. The molecule has 0 aliphatic heterocycles. The maximum absolute atomic E-state index is 9.01. The monoisotopic (exact) mass is 165 g/mol. The number of aryl methyl sites for hydroxylation is 1. The topological polar surface area (TPSA) is 46.2 Å². The van der Waals surface area contributed by atoms with Crippen LogP contribution in [-0.4, -0.2) is 11.1 Å². The van der Waals surface area contributed by atoms with Gasteiger partial charge < -0.3 is 10.8 Å². The highest BCUT2D eigenvalue weighted by Gasteiger charge is 1.96. The molecule has 0 saturated heterocycles. The van der Waals surface area contributed by atoms with Crippen LogP contribution in [0.1, 0.15) is 18.9 Å². The van der Waals surface area contributed by atoms with E-state index >= 15 is 0 Å². The van der Waals surface area contributed by atoms with E-state index in [1.54, 1.807) is 12.1 Å². The maximum Gasteiger partial charge on any atom is 0.115 e. The Bertz CT molecular complexity index is 228. The molecule has 0 aliphatic rings. The molecule has 1 rings (SSSR count). The van der Waals surface area contributed by atoms with Crippen LogP contribution >= 0.6 is 0 Å². The lowest BCUT2D eigenvalue weighted by Crippen LogP contribution is -2.15. The van der Waals surface area contributed by atoms with Gasteiger partial charge in [0.05, 0.1) is 0 Å².